The number of H-pyrrole nitrogens is 1. The lowest BCUT2D eigenvalue weighted by atomic mass is 10.1. The summed E-state index contributed by atoms with van der Waals surface area (Å²) in [7, 11) is 0. The number of hydrazine groups is 1. The van der Waals surface area contributed by atoms with Crippen molar-refractivity contribution in [2.75, 3.05) is 0 Å². The molecule has 0 saturated carbocycles. The topological polar surface area (TPSA) is 91.8 Å². The predicted molar refractivity (Wildman–Crippen MR) is 95.1 cm³/mol. The SMILES string of the molecule is Cc1cc(C)c2cc(C(=O)NNC(=O)Cn3nc(C)cc3C)[nH]c2c1. The molecular weight excluding hydrogens is 318 g/mol. The molecule has 3 aromatic rings. The van der Waals surface area contributed by atoms with Crippen molar-refractivity contribution in [3.63, 3.8) is 0 Å². The Kier molecular flexibility index (Phi) is 4.31. The number of fused-ring (bicyclic) bond motifs is 1. The van der Waals surface area contributed by atoms with Gasteiger partial charge in [0.1, 0.15) is 12.2 Å². The number of nitrogens with zero attached hydrogens (tertiary/aromatic N) is 2. The molecule has 0 aliphatic heterocycles. The van der Waals surface area contributed by atoms with E-state index in [2.05, 4.69) is 27.0 Å². The maximum atomic E-state index is 12.3. The smallest absolute Gasteiger partial charge is 0.286 e. The Bertz CT molecular complexity index is 967. The summed E-state index contributed by atoms with van der Waals surface area (Å²) < 4.78 is 1.59. The van der Waals surface area contributed by atoms with Crippen molar-refractivity contribution in [3.8, 4) is 0 Å². The summed E-state index contributed by atoms with van der Waals surface area (Å²) in [4.78, 5) is 27.3. The van der Waals surface area contributed by atoms with E-state index in [4.69, 9.17) is 0 Å². The fourth-order valence-corrected chi connectivity index (χ4v) is 2.93. The molecule has 0 fully saturated rings. The molecule has 2 aromatic heterocycles. The van der Waals surface area contributed by atoms with Gasteiger partial charge in [-0.1, -0.05) is 6.07 Å². The van der Waals surface area contributed by atoms with Gasteiger partial charge < -0.3 is 4.98 Å². The van der Waals surface area contributed by atoms with Crippen LogP contribution in [0.15, 0.2) is 24.3 Å². The normalized spacial score (nSPS) is 10.9. The zero-order valence-corrected chi connectivity index (χ0v) is 14.7. The van der Waals surface area contributed by atoms with E-state index in [0.29, 0.717) is 5.69 Å². The van der Waals surface area contributed by atoms with E-state index in [-0.39, 0.29) is 12.5 Å². The second-order valence-electron chi connectivity index (χ2n) is 6.31. The number of carbonyl (C=O) groups is 2. The fraction of sp³-hybridized carbons (Fsp3) is 0.278. The Morgan fingerprint density at radius 1 is 1.08 bits per heavy atom. The van der Waals surface area contributed by atoms with Crippen molar-refractivity contribution in [1.82, 2.24) is 25.6 Å². The van der Waals surface area contributed by atoms with E-state index in [1.807, 2.05) is 39.8 Å². The first-order chi connectivity index (χ1) is 11.8. The zero-order valence-electron chi connectivity index (χ0n) is 14.7. The van der Waals surface area contributed by atoms with Crippen LogP contribution in [0.4, 0.5) is 0 Å². The van der Waals surface area contributed by atoms with Crippen LogP contribution in [-0.2, 0) is 11.3 Å². The monoisotopic (exact) mass is 339 g/mol. The molecule has 0 unspecified atom stereocenters. The van der Waals surface area contributed by atoms with E-state index >= 15 is 0 Å². The van der Waals surface area contributed by atoms with E-state index in [0.717, 1.165) is 33.4 Å². The number of hydrogen-bond acceptors (Lipinski definition) is 3. The van der Waals surface area contributed by atoms with Gasteiger partial charge in [-0.05, 0) is 57.0 Å². The molecule has 0 aliphatic carbocycles. The van der Waals surface area contributed by atoms with Crippen LogP contribution in [0.2, 0.25) is 0 Å². The van der Waals surface area contributed by atoms with Crippen molar-refractivity contribution >= 4 is 22.7 Å². The number of carbonyl (C=O) groups excluding carboxylic acids is 2. The molecule has 0 radical (unpaired) electrons. The first kappa shape index (κ1) is 16.8. The highest BCUT2D eigenvalue weighted by molar-refractivity contribution is 5.99. The number of aryl methyl sites for hydroxylation is 4. The molecule has 2 amide bonds. The van der Waals surface area contributed by atoms with Gasteiger partial charge in [0.25, 0.3) is 11.8 Å². The summed E-state index contributed by atoms with van der Waals surface area (Å²) in [6, 6.07) is 7.72. The first-order valence-corrected chi connectivity index (χ1v) is 8.03. The maximum Gasteiger partial charge on any atom is 0.286 e. The van der Waals surface area contributed by atoms with Gasteiger partial charge in [0.2, 0.25) is 0 Å². The lowest BCUT2D eigenvalue weighted by molar-refractivity contribution is -0.122. The van der Waals surface area contributed by atoms with Crippen LogP contribution in [0.3, 0.4) is 0 Å². The molecule has 3 N–H and O–H groups in total. The third kappa shape index (κ3) is 3.55. The lowest BCUT2D eigenvalue weighted by Gasteiger charge is -2.07. The van der Waals surface area contributed by atoms with Crippen LogP contribution in [0.5, 0.6) is 0 Å². The van der Waals surface area contributed by atoms with Crippen LogP contribution in [-0.4, -0.2) is 26.6 Å². The van der Waals surface area contributed by atoms with Crippen molar-refractivity contribution in [3.05, 3.63) is 52.5 Å². The van der Waals surface area contributed by atoms with Gasteiger partial charge >= 0.3 is 0 Å². The molecule has 130 valence electrons. The first-order valence-electron chi connectivity index (χ1n) is 8.03. The molecule has 1 aromatic carbocycles. The molecule has 0 aliphatic rings. The molecule has 7 nitrogen and oxygen atoms in total. The van der Waals surface area contributed by atoms with Crippen LogP contribution >= 0.6 is 0 Å². The largest absolute Gasteiger partial charge is 0.350 e. The summed E-state index contributed by atoms with van der Waals surface area (Å²) in [5, 5.41) is 5.21. The molecule has 3 rings (SSSR count). The second kappa shape index (κ2) is 6.43. The third-order valence-corrected chi connectivity index (χ3v) is 4.05. The number of benzene rings is 1. The highest BCUT2D eigenvalue weighted by Crippen LogP contribution is 2.21. The average molecular weight is 339 g/mol. The van der Waals surface area contributed by atoms with Gasteiger partial charge in [0.15, 0.2) is 0 Å². The molecule has 0 atom stereocenters. The maximum absolute atomic E-state index is 12.3. The number of rotatable bonds is 3. The Labute approximate surface area is 145 Å². The minimum absolute atomic E-state index is 0.0466. The fourth-order valence-electron chi connectivity index (χ4n) is 2.93. The molecule has 0 saturated heterocycles. The minimum atomic E-state index is -0.394. The van der Waals surface area contributed by atoms with Gasteiger partial charge in [-0.3, -0.25) is 25.1 Å². The van der Waals surface area contributed by atoms with Crippen molar-refractivity contribution in [2.45, 2.75) is 34.2 Å². The number of amides is 2. The lowest BCUT2D eigenvalue weighted by Crippen LogP contribution is -2.43. The number of hydrogen-bond donors (Lipinski definition) is 3. The van der Waals surface area contributed by atoms with E-state index < -0.39 is 5.91 Å². The minimum Gasteiger partial charge on any atom is -0.350 e. The Morgan fingerprint density at radius 3 is 2.52 bits per heavy atom. The Hall–Kier alpha value is -3.09. The summed E-state index contributed by atoms with van der Waals surface area (Å²) in [5.74, 6) is -0.738. The summed E-state index contributed by atoms with van der Waals surface area (Å²) >= 11 is 0. The van der Waals surface area contributed by atoms with Gasteiger partial charge in [0.05, 0.1) is 5.69 Å². The number of aromatic nitrogens is 3. The highest BCUT2D eigenvalue weighted by Gasteiger charge is 2.13. The standard InChI is InChI=1S/C18H21N5O2/c1-10-5-11(2)14-8-16(19-15(14)6-10)18(25)21-20-17(24)9-23-13(4)7-12(3)22-23/h5-8,19H,9H2,1-4H3,(H,20,24)(H,21,25). The molecule has 0 spiro atoms. The van der Waals surface area contributed by atoms with Crippen LogP contribution in [0.25, 0.3) is 10.9 Å². The van der Waals surface area contributed by atoms with E-state index in [9.17, 15) is 9.59 Å². The summed E-state index contributed by atoms with van der Waals surface area (Å²) in [6.45, 7) is 7.79. The molecular formula is C18H21N5O2. The number of aromatic amines is 1. The van der Waals surface area contributed by atoms with Gasteiger partial charge in [-0.15, -0.1) is 0 Å². The molecule has 2 heterocycles. The summed E-state index contributed by atoms with van der Waals surface area (Å²) in [6.07, 6.45) is 0. The van der Waals surface area contributed by atoms with Crippen molar-refractivity contribution in [2.24, 2.45) is 0 Å². The summed E-state index contributed by atoms with van der Waals surface area (Å²) in [5.41, 5.74) is 10.1. The Balaban J connectivity index is 1.65. The quantitative estimate of drug-likeness (QED) is 0.638. The second-order valence-corrected chi connectivity index (χ2v) is 6.31. The molecule has 25 heavy (non-hydrogen) atoms. The molecule has 7 heteroatoms. The van der Waals surface area contributed by atoms with Crippen molar-refractivity contribution in [1.29, 1.82) is 0 Å². The van der Waals surface area contributed by atoms with E-state index in [1.165, 1.54) is 0 Å². The zero-order chi connectivity index (χ0) is 18.1. The third-order valence-electron chi connectivity index (χ3n) is 4.05. The Morgan fingerprint density at radius 2 is 1.84 bits per heavy atom. The van der Waals surface area contributed by atoms with Gasteiger partial charge in [-0.25, -0.2) is 0 Å². The highest BCUT2D eigenvalue weighted by atomic mass is 16.2. The van der Waals surface area contributed by atoms with Gasteiger partial charge in [-0.2, -0.15) is 5.10 Å². The van der Waals surface area contributed by atoms with Crippen LogP contribution < -0.4 is 10.9 Å². The van der Waals surface area contributed by atoms with E-state index in [1.54, 1.807) is 10.7 Å². The predicted octanol–water partition coefficient (Wildman–Crippen LogP) is 2.06. The molecule has 0 bridgehead atoms. The van der Waals surface area contributed by atoms with Crippen LogP contribution in [0.1, 0.15) is 33.0 Å². The van der Waals surface area contributed by atoms with Crippen molar-refractivity contribution < 1.29 is 9.59 Å². The van der Waals surface area contributed by atoms with Crippen LogP contribution in [0, 0.1) is 27.7 Å². The average Bonchev–Trinajstić information content (AvgIpc) is 3.08. The van der Waals surface area contributed by atoms with Gasteiger partial charge in [0, 0.05) is 16.6 Å². The number of nitrogens with one attached hydrogen (secondary N) is 3.